The maximum absolute atomic E-state index is 11.9. The predicted octanol–water partition coefficient (Wildman–Crippen LogP) is 1.01. The van der Waals surface area contributed by atoms with E-state index in [1.165, 1.54) is 0 Å². The highest BCUT2D eigenvalue weighted by Crippen LogP contribution is 2.13. The molecule has 0 aromatic heterocycles. The Morgan fingerprint density at radius 1 is 1.38 bits per heavy atom. The van der Waals surface area contributed by atoms with Crippen molar-refractivity contribution >= 4 is 5.91 Å². The molecule has 1 fully saturated rings. The standard InChI is InChI=1S/C12H24N2O2/c1-4-12(2,3)16-10-11(15)14-8-5-6-13-7-9-14/h13H,4-10H2,1-3H3. The van der Waals surface area contributed by atoms with Crippen LogP contribution in [0.3, 0.4) is 0 Å². The minimum atomic E-state index is -0.195. The van der Waals surface area contributed by atoms with Crippen LogP contribution in [-0.2, 0) is 9.53 Å². The van der Waals surface area contributed by atoms with Crippen LogP contribution in [0.1, 0.15) is 33.6 Å². The molecular formula is C12H24N2O2. The minimum Gasteiger partial charge on any atom is -0.366 e. The third kappa shape index (κ3) is 4.49. The summed E-state index contributed by atoms with van der Waals surface area (Å²) in [4.78, 5) is 13.8. The molecule has 4 heteroatoms. The van der Waals surface area contributed by atoms with Gasteiger partial charge in [0.25, 0.3) is 0 Å². The average Bonchev–Trinajstić information content (AvgIpc) is 2.54. The van der Waals surface area contributed by atoms with Crippen LogP contribution in [0.5, 0.6) is 0 Å². The molecule has 4 nitrogen and oxygen atoms in total. The van der Waals surface area contributed by atoms with Crippen molar-refractivity contribution in [3.05, 3.63) is 0 Å². The largest absolute Gasteiger partial charge is 0.366 e. The van der Waals surface area contributed by atoms with Gasteiger partial charge in [0.15, 0.2) is 0 Å². The van der Waals surface area contributed by atoms with Crippen molar-refractivity contribution in [2.45, 2.75) is 39.2 Å². The van der Waals surface area contributed by atoms with Gasteiger partial charge in [-0.3, -0.25) is 4.79 Å². The Morgan fingerprint density at radius 3 is 2.81 bits per heavy atom. The van der Waals surface area contributed by atoms with E-state index in [0.717, 1.165) is 39.0 Å². The molecule has 1 aliphatic heterocycles. The second-order valence-corrected chi connectivity index (χ2v) is 4.89. The Labute approximate surface area is 98.3 Å². The first kappa shape index (κ1) is 13.5. The van der Waals surface area contributed by atoms with Crippen LogP contribution in [0.25, 0.3) is 0 Å². The normalized spacial score (nSPS) is 18.3. The molecule has 1 heterocycles. The monoisotopic (exact) mass is 228 g/mol. The average molecular weight is 228 g/mol. The minimum absolute atomic E-state index is 0.116. The van der Waals surface area contributed by atoms with E-state index in [1.54, 1.807) is 0 Å². The highest BCUT2D eigenvalue weighted by atomic mass is 16.5. The molecule has 1 saturated heterocycles. The lowest BCUT2D eigenvalue weighted by atomic mass is 10.1. The molecule has 1 amide bonds. The SMILES string of the molecule is CCC(C)(C)OCC(=O)N1CCCNCC1. The molecule has 0 aromatic carbocycles. The Bertz CT molecular complexity index is 221. The Hall–Kier alpha value is -0.610. The van der Waals surface area contributed by atoms with Gasteiger partial charge < -0.3 is 15.0 Å². The summed E-state index contributed by atoms with van der Waals surface area (Å²) < 4.78 is 5.62. The lowest BCUT2D eigenvalue weighted by Crippen LogP contribution is -2.39. The van der Waals surface area contributed by atoms with Gasteiger partial charge >= 0.3 is 0 Å². The van der Waals surface area contributed by atoms with Crippen molar-refractivity contribution < 1.29 is 9.53 Å². The molecule has 1 aliphatic rings. The first-order valence-corrected chi connectivity index (χ1v) is 6.17. The van der Waals surface area contributed by atoms with Gasteiger partial charge in [0.2, 0.25) is 5.91 Å². The first-order chi connectivity index (χ1) is 7.55. The molecule has 0 bridgehead atoms. The lowest BCUT2D eigenvalue weighted by molar-refractivity contribution is -0.141. The van der Waals surface area contributed by atoms with Crippen LogP contribution in [-0.4, -0.2) is 49.2 Å². The van der Waals surface area contributed by atoms with E-state index in [4.69, 9.17) is 4.74 Å². The van der Waals surface area contributed by atoms with E-state index < -0.39 is 0 Å². The Balaban J connectivity index is 2.33. The number of ether oxygens (including phenoxy) is 1. The lowest BCUT2D eigenvalue weighted by Gasteiger charge is -2.26. The van der Waals surface area contributed by atoms with Crippen molar-refractivity contribution in [2.24, 2.45) is 0 Å². The highest BCUT2D eigenvalue weighted by molar-refractivity contribution is 5.77. The zero-order valence-corrected chi connectivity index (χ0v) is 10.7. The summed E-state index contributed by atoms with van der Waals surface area (Å²) in [6, 6.07) is 0. The topological polar surface area (TPSA) is 41.6 Å². The maximum atomic E-state index is 11.9. The molecule has 0 unspecified atom stereocenters. The van der Waals surface area contributed by atoms with Gasteiger partial charge in [-0.2, -0.15) is 0 Å². The Morgan fingerprint density at radius 2 is 2.12 bits per heavy atom. The second-order valence-electron chi connectivity index (χ2n) is 4.89. The van der Waals surface area contributed by atoms with Gasteiger partial charge in [-0.25, -0.2) is 0 Å². The van der Waals surface area contributed by atoms with Crippen LogP contribution < -0.4 is 5.32 Å². The number of rotatable bonds is 4. The van der Waals surface area contributed by atoms with Crippen molar-refractivity contribution in [3.8, 4) is 0 Å². The van der Waals surface area contributed by atoms with Gasteiger partial charge in [0.1, 0.15) is 6.61 Å². The number of hydrogen-bond donors (Lipinski definition) is 1. The van der Waals surface area contributed by atoms with Crippen LogP contribution in [0.4, 0.5) is 0 Å². The van der Waals surface area contributed by atoms with E-state index in [0.29, 0.717) is 0 Å². The molecule has 0 radical (unpaired) electrons. The third-order valence-corrected chi connectivity index (χ3v) is 3.13. The number of amides is 1. The molecule has 0 aliphatic carbocycles. The van der Waals surface area contributed by atoms with Gasteiger partial charge in [-0.05, 0) is 33.2 Å². The van der Waals surface area contributed by atoms with E-state index >= 15 is 0 Å². The molecule has 16 heavy (non-hydrogen) atoms. The summed E-state index contributed by atoms with van der Waals surface area (Å²) in [5.41, 5.74) is -0.195. The zero-order valence-electron chi connectivity index (χ0n) is 10.7. The second kappa shape index (κ2) is 6.21. The van der Waals surface area contributed by atoms with Crippen LogP contribution in [0.15, 0.2) is 0 Å². The van der Waals surface area contributed by atoms with Gasteiger partial charge in [0.05, 0.1) is 5.60 Å². The van der Waals surface area contributed by atoms with Gasteiger partial charge in [-0.1, -0.05) is 6.92 Å². The van der Waals surface area contributed by atoms with Crippen LogP contribution in [0, 0.1) is 0 Å². The molecule has 0 atom stereocenters. The third-order valence-electron chi connectivity index (χ3n) is 3.13. The maximum Gasteiger partial charge on any atom is 0.248 e. The molecule has 0 aromatic rings. The molecule has 0 spiro atoms. The van der Waals surface area contributed by atoms with E-state index in [-0.39, 0.29) is 18.1 Å². The van der Waals surface area contributed by atoms with Gasteiger partial charge in [0, 0.05) is 19.6 Å². The van der Waals surface area contributed by atoms with Crippen LogP contribution >= 0.6 is 0 Å². The molecule has 0 saturated carbocycles. The van der Waals surface area contributed by atoms with Crippen molar-refractivity contribution in [2.75, 3.05) is 32.8 Å². The van der Waals surface area contributed by atoms with E-state index in [1.807, 2.05) is 18.7 Å². The molecular weight excluding hydrogens is 204 g/mol. The molecule has 1 rings (SSSR count). The number of hydrogen-bond acceptors (Lipinski definition) is 3. The molecule has 1 N–H and O–H groups in total. The summed E-state index contributed by atoms with van der Waals surface area (Å²) in [5.74, 6) is 0.116. The summed E-state index contributed by atoms with van der Waals surface area (Å²) in [6.07, 6.45) is 1.95. The van der Waals surface area contributed by atoms with E-state index in [9.17, 15) is 4.79 Å². The number of nitrogens with zero attached hydrogens (tertiary/aromatic N) is 1. The smallest absolute Gasteiger partial charge is 0.248 e. The Kier molecular flexibility index (Phi) is 5.22. The molecule has 94 valence electrons. The van der Waals surface area contributed by atoms with Crippen molar-refractivity contribution in [1.82, 2.24) is 10.2 Å². The fourth-order valence-corrected chi connectivity index (χ4v) is 1.55. The van der Waals surface area contributed by atoms with Crippen molar-refractivity contribution in [3.63, 3.8) is 0 Å². The highest BCUT2D eigenvalue weighted by Gasteiger charge is 2.20. The number of nitrogens with one attached hydrogen (secondary N) is 1. The van der Waals surface area contributed by atoms with Crippen molar-refractivity contribution in [1.29, 1.82) is 0 Å². The summed E-state index contributed by atoms with van der Waals surface area (Å²) in [7, 11) is 0. The quantitative estimate of drug-likeness (QED) is 0.781. The summed E-state index contributed by atoms with van der Waals surface area (Å²) in [5, 5.41) is 3.28. The summed E-state index contributed by atoms with van der Waals surface area (Å²) >= 11 is 0. The van der Waals surface area contributed by atoms with Gasteiger partial charge in [-0.15, -0.1) is 0 Å². The fourth-order valence-electron chi connectivity index (χ4n) is 1.55. The summed E-state index contributed by atoms with van der Waals surface area (Å²) in [6.45, 7) is 9.86. The first-order valence-electron chi connectivity index (χ1n) is 6.17. The fraction of sp³-hybridized carbons (Fsp3) is 0.917. The number of carbonyl (C=O) groups excluding carboxylic acids is 1. The zero-order chi connectivity index (χ0) is 12.0. The van der Waals surface area contributed by atoms with E-state index in [2.05, 4.69) is 12.2 Å². The number of carbonyl (C=O) groups is 1. The predicted molar refractivity (Wildman–Crippen MR) is 64.4 cm³/mol. The van der Waals surface area contributed by atoms with Crippen LogP contribution in [0.2, 0.25) is 0 Å².